The molecule has 1 heterocycles. The molecule has 0 aliphatic heterocycles. The van der Waals surface area contributed by atoms with Gasteiger partial charge in [0, 0.05) is 12.1 Å². The second-order valence-electron chi connectivity index (χ2n) is 5.58. The molecule has 1 N–H and O–H groups in total. The summed E-state index contributed by atoms with van der Waals surface area (Å²) in [5.74, 6) is -1.13. The predicted octanol–water partition coefficient (Wildman–Crippen LogP) is 5.26. The molecule has 0 unspecified atom stereocenters. The van der Waals surface area contributed by atoms with Crippen molar-refractivity contribution >= 4 is 23.3 Å². The third kappa shape index (κ3) is 2.51. The Morgan fingerprint density at radius 1 is 1.05 bits per heavy atom. The van der Waals surface area contributed by atoms with Gasteiger partial charge in [-0.05, 0) is 31.1 Å². The Labute approximate surface area is 121 Å². The first kappa shape index (κ1) is 13.7. The fourth-order valence-electron chi connectivity index (χ4n) is 3.21. The van der Waals surface area contributed by atoms with E-state index in [9.17, 15) is 8.78 Å². The Morgan fingerprint density at radius 3 is 2.40 bits per heavy atom. The third-order valence-corrected chi connectivity index (χ3v) is 4.48. The fraction of sp³-hybridized carbons (Fsp3) is 0.533. The van der Waals surface area contributed by atoms with Gasteiger partial charge in [0.2, 0.25) is 0 Å². The number of aromatic amines is 1. The number of H-pyrrole nitrogens is 1. The molecular weight excluding hydrogens is 278 g/mol. The highest BCUT2D eigenvalue weighted by Gasteiger charge is 2.19. The van der Waals surface area contributed by atoms with Crippen LogP contribution in [0.15, 0.2) is 12.1 Å². The number of imidazole rings is 1. The van der Waals surface area contributed by atoms with Gasteiger partial charge in [0.25, 0.3) is 0 Å². The highest BCUT2D eigenvalue weighted by molar-refractivity contribution is 7.71. The summed E-state index contributed by atoms with van der Waals surface area (Å²) in [7, 11) is 0. The zero-order valence-electron chi connectivity index (χ0n) is 11.3. The molecule has 0 bridgehead atoms. The summed E-state index contributed by atoms with van der Waals surface area (Å²) in [6.45, 7) is 0. The van der Waals surface area contributed by atoms with Gasteiger partial charge < -0.3 is 9.55 Å². The summed E-state index contributed by atoms with van der Waals surface area (Å²) in [5.41, 5.74) is 0.872. The quantitative estimate of drug-likeness (QED) is 0.712. The first-order valence-corrected chi connectivity index (χ1v) is 7.67. The molecule has 1 fully saturated rings. The molecule has 108 valence electrons. The fourth-order valence-corrected chi connectivity index (χ4v) is 3.56. The second-order valence-corrected chi connectivity index (χ2v) is 5.97. The van der Waals surface area contributed by atoms with Crippen LogP contribution >= 0.6 is 12.2 Å². The van der Waals surface area contributed by atoms with Gasteiger partial charge in [-0.1, -0.05) is 32.1 Å². The van der Waals surface area contributed by atoms with E-state index < -0.39 is 11.6 Å². The van der Waals surface area contributed by atoms with Crippen LogP contribution in [0.4, 0.5) is 8.78 Å². The molecule has 1 aromatic carbocycles. The molecule has 0 saturated heterocycles. The second kappa shape index (κ2) is 5.64. The van der Waals surface area contributed by atoms with Crippen molar-refractivity contribution < 1.29 is 8.78 Å². The number of hydrogen-bond acceptors (Lipinski definition) is 1. The van der Waals surface area contributed by atoms with E-state index in [4.69, 9.17) is 12.2 Å². The van der Waals surface area contributed by atoms with Crippen LogP contribution in [-0.2, 0) is 0 Å². The van der Waals surface area contributed by atoms with E-state index in [2.05, 4.69) is 4.98 Å². The zero-order chi connectivity index (χ0) is 14.1. The predicted molar refractivity (Wildman–Crippen MR) is 78.4 cm³/mol. The minimum Gasteiger partial charge on any atom is -0.328 e. The number of nitrogens with zero attached hydrogens (tertiary/aromatic N) is 1. The molecule has 1 aliphatic rings. The summed E-state index contributed by atoms with van der Waals surface area (Å²) in [6, 6.07) is 2.53. The molecule has 20 heavy (non-hydrogen) atoms. The number of hydrogen-bond donors (Lipinski definition) is 1. The van der Waals surface area contributed by atoms with Crippen molar-refractivity contribution in [2.45, 2.75) is 51.0 Å². The molecule has 0 radical (unpaired) electrons. The summed E-state index contributed by atoms with van der Waals surface area (Å²) < 4.78 is 29.7. The molecule has 2 aromatic rings. The topological polar surface area (TPSA) is 20.7 Å². The first-order chi connectivity index (χ1) is 9.66. The lowest BCUT2D eigenvalue weighted by Crippen LogP contribution is -2.11. The smallest absolute Gasteiger partial charge is 0.178 e. The average molecular weight is 296 g/mol. The van der Waals surface area contributed by atoms with Crippen molar-refractivity contribution in [2.75, 3.05) is 0 Å². The first-order valence-electron chi connectivity index (χ1n) is 7.26. The van der Waals surface area contributed by atoms with E-state index in [1.54, 1.807) is 0 Å². The standard InChI is InChI=1S/C15H18F2N2S/c16-10-8-12(17)14-13(9-10)19(15(20)18-14)11-6-4-2-1-3-5-7-11/h8-9,11H,1-7H2,(H,18,20). The van der Waals surface area contributed by atoms with Crippen LogP contribution in [0.3, 0.4) is 0 Å². The Morgan fingerprint density at radius 2 is 1.70 bits per heavy atom. The van der Waals surface area contributed by atoms with Crippen LogP contribution in [0.25, 0.3) is 11.0 Å². The maximum absolute atomic E-state index is 13.8. The Kier molecular flexibility index (Phi) is 3.87. The van der Waals surface area contributed by atoms with Crippen LogP contribution in [0, 0.1) is 16.4 Å². The third-order valence-electron chi connectivity index (χ3n) is 4.18. The van der Waals surface area contributed by atoms with Gasteiger partial charge in [-0.15, -0.1) is 0 Å². The van der Waals surface area contributed by atoms with Crippen molar-refractivity contribution in [2.24, 2.45) is 0 Å². The zero-order valence-corrected chi connectivity index (χ0v) is 12.1. The van der Waals surface area contributed by atoms with Crippen LogP contribution in [-0.4, -0.2) is 9.55 Å². The van der Waals surface area contributed by atoms with Gasteiger partial charge >= 0.3 is 0 Å². The number of benzene rings is 1. The van der Waals surface area contributed by atoms with E-state index in [0.29, 0.717) is 15.8 Å². The van der Waals surface area contributed by atoms with Crippen molar-refractivity contribution in [3.8, 4) is 0 Å². The number of halogens is 2. The van der Waals surface area contributed by atoms with E-state index in [-0.39, 0.29) is 6.04 Å². The minimum absolute atomic E-state index is 0.248. The Hall–Kier alpha value is -1.23. The van der Waals surface area contributed by atoms with Crippen LogP contribution in [0.1, 0.15) is 51.0 Å². The van der Waals surface area contributed by atoms with Crippen molar-refractivity contribution in [1.29, 1.82) is 0 Å². The normalized spacial score (nSPS) is 18.1. The SMILES string of the molecule is Fc1cc(F)c2[nH]c(=S)n(C3CCCCCCC3)c2c1. The maximum atomic E-state index is 13.8. The maximum Gasteiger partial charge on any atom is 0.178 e. The number of aromatic nitrogens is 2. The molecule has 0 atom stereocenters. The molecular formula is C15H18F2N2S. The van der Waals surface area contributed by atoms with Gasteiger partial charge in [0.15, 0.2) is 10.6 Å². The van der Waals surface area contributed by atoms with Crippen molar-refractivity contribution in [3.63, 3.8) is 0 Å². The largest absolute Gasteiger partial charge is 0.328 e. The summed E-state index contributed by atoms with van der Waals surface area (Å²) in [5, 5.41) is 0. The Balaban J connectivity index is 2.09. The van der Waals surface area contributed by atoms with E-state index >= 15 is 0 Å². The van der Waals surface area contributed by atoms with Gasteiger partial charge in [-0.3, -0.25) is 0 Å². The molecule has 2 nitrogen and oxygen atoms in total. The number of nitrogens with one attached hydrogen (secondary N) is 1. The molecule has 0 amide bonds. The molecule has 5 heteroatoms. The lowest BCUT2D eigenvalue weighted by molar-refractivity contribution is 0.375. The number of rotatable bonds is 1. The average Bonchev–Trinajstić information content (AvgIpc) is 2.67. The monoisotopic (exact) mass is 296 g/mol. The molecule has 0 spiro atoms. The lowest BCUT2D eigenvalue weighted by atomic mass is 9.96. The Bertz CT molecular complexity index is 666. The molecule has 1 saturated carbocycles. The summed E-state index contributed by atoms with van der Waals surface area (Å²) in [4.78, 5) is 2.89. The van der Waals surface area contributed by atoms with Crippen molar-refractivity contribution in [3.05, 3.63) is 28.5 Å². The highest BCUT2D eigenvalue weighted by atomic mass is 32.1. The van der Waals surface area contributed by atoms with Crippen LogP contribution in [0.2, 0.25) is 0 Å². The van der Waals surface area contributed by atoms with Crippen molar-refractivity contribution in [1.82, 2.24) is 9.55 Å². The van der Waals surface area contributed by atoms with Gasteiger partial charge in [-0.2, -0.15) is 0 Å². The number of fused-ring (bicyclic) bond motifs is 1. The van der Waals surface area contributed by atoms with E-state index in [1.165, 1.54) is 25.3 Å². The highest BCUT2D eigenvalue weighted by Crippen LogP contribution is 2.31. The lowest BCUT2D eigenvalue weighted by Gasteiger charge is -2.22. The van der Waals surface area contributed by atoms with Gasteiger partial charge in [-0.25, -0.2) is 8.78 Å². The summed E-state index contributed by atoms with van der Waals surface area (Å²) in [6.07, 6.45) is 8.10. The van der Waals surface area contributed by atoms with Crippen LogP contribution < -0.4 is 0 Å². The summed E-state index contributed by atoms with van der Waals surface area (Å²) >= 11 is 5.33. The van der Waals surface area contributed by atoms with Gasteiger partial charge in [0.1, 0.15) is 11.3 Å². The van der Waals surface area contributed by atoms with Gasteiger partial charge in [0.05, 0.1) is 5.52 Å². The van der Waals surface area contributed by atoms with E-state index in [0.717, 1.165) is 31.7 Å². The van der Waals surface area contributed by atoms with Crippen LogP contribution in [0.5, 0.6) is 0 Å². The minimum atomic E-state index is -0.573. The molecule has 1 aromatic heterocycles. The molecule has 1 aliphatic carbocycles. The van der Waals surface area contributed by atoms with E-state index in [1.807, 2.05) is 4.57 Å². The molecule has 3 rings (SSSR count).